The van der Waals surface area contributed by atoms with E-state index in [1.807, 2.05) is 31.2 Å². The van der Waals surface area contributed by atoms with Crippen molar-refractivity contribution in [1.82, 2.24) is 4.98 Å². The van der Waals surface area contributed by atoms with Gasteiger partial charge in [0.2, 0.25) is 0 Å². The van der Waals surface area contributed by atoms with Crippen LogP contribution in [0.1, 0.15) is 5.69 Å². The predicted octanol–water partition coefficient (Wildman–Crippen LogP) is 2.76. The SMILES string of the molecule is Cc1ncccc1Oc1ccc(N)cc1. The summed E-state index contributed by atoms with van der Waals surface area (Å²) in [7, 11) is 0. The highest BCUT2D eigenvalue weighted by Gasteiger charge is 2.00. The lowest BCUT2D eigenvalue weighted by Crippen LogP contribution is -1.90. The smallest absolute Gasteiger partial charge is 0.148 e. The number of anilines is 1. The molecule has 2 rings (SSSR count). The fourth-order valence-electron chi connectivity index (χ4n) is 1.24. The van der Waals surface area contributed by atoms with Crippen molar-refractivity contribution in [3.05, 3.63) is 48.3 Å². The average molecular weight is 200 g/mol. The molecule has 3 nitrogen and oxygen atoms in total. The van der Waals surface area contributed by atoms with Crippen molar-refractivity contribution in [2.24, 2.45) is 0 Å². The largest absolute Gasteiger partial charge is 0.455 e. The maximum atomic E-state index is 5.65. The van der Waals surface area contributed by atoms with E-state index in [0.717, 1.165) is 22.9 Å². The van der Waals surface area contributed by atoms with Crippen molar-refractivity contribution >= 4 is 5.69 Å². The quantitative estimate of drug-likeness (QED) is 0.758. The van der Waals surface area contributed by atoms with E-state index in [0.29, 0.717) is 0 Å². The van der Waals surface area contributed by atoms with Crippen LogP contribution in [0.4, 0.5) is 5.69 Å². The number of aromatic nitrogens is 1. The van der Waals surface area contributed by atoms with Crippen LogP contribution in [0.3, 0.4) is 0 Å². The van der Waals surface area contributed by atoms with Gasteiger partial charge in [-0.25, -0.2) is 0 Å². The maximum Gasteiger partial charge on any atom is 0.148 e. The zero-order valence-corrected chi connectivity index (χ0v) is 8.47. The molecule has 0 saturated heterocycles. The fraction of sp³-hybridized carbons (Fsp3) is 0.0833. The summed E-state index contributed by atoms with van der Waals surface area (Å²) in [5.74, 6) is 1.53. The average Bonchev–Trinajstić information content (AvgIpc) is 2.25. The van der Waals surface area contributed by atoms with Gasteiger partial charge in [0, 0.05) is 11.9 Å². The third-order valence-corrected chi connectivity index (χ3v) is 2.07. The Hall–Kier alpha value is -2.03. The Morgan fingerprint density at radius 2 is 1.87 bits per heavy atom. The Kier molecular flexibility index (Phi) is 2.54. The number of hydrogen-bond acceptors (Lipinski definition) is 3. The van der Waals surface area contributed by atoms with Gasteiger partial charge in [0.25, 0.3) is 0 Å². The Bertz CT molecular complexity index is 451. The molecule has 1 aromatic carbocycles. The lowest BCUT2D eigenvalue weighted by molar-refractivity contribution is 0.476. The minimum Gasteiger partial charge on any atom is -0.455 e. The molecule has 15 heavy (non-hydrogen) atoms. The van der Waals surface area contributed by atoms with Gasteiger partial charge in [0.15, 0.2) is 0 Å². The number of hydrogen-bond donors (Lipinski definition) is 1. The molecule has 0 aliphatic carbocycles. The van der Waals surface area contributed by atoms with E-state index in [1.165, 1.54) is 0 Å². The second-order valence-electron chi connectivity index (χ2n) is 3.26. The molecule has 3 heteroatoms. The van der Waals surface area contributed by atoms with Gasteiger partial charge in [-0.15, -0.1) is 0 Å². The van der Waals surface area contributed by atoms with Crippen LogP contribution in [0.5, 0.6) is 11.5 Å². The molecule has 0 aliphatic rings. The summed E-state index contributed by atoms with van der Waals surface area (Å²) in [6.07, 6.45) is 1.74. The van der Waals surface area contributed by atoms with Gasteiger partial charge in [0.1, 0.15) is 11.5 Å². The fourth-order valence-corrected chi connectivity index (χ4v) is 1.24. The first-order chi connectivity index (χ1) is 7.25. The van der Waals surface area contributed by atoms with E-state index in [-0.39, 0.29) is 0 Å². The van der Waals surface area contributed by atoms with E-state index in [2.05, 4.69) is 4.98 Å². The van der Waals surface area contributed by atoms with Crippen molar-refractivity contribution in [1.29, 1.82) is 0 Å². The Balaban J connectivity index is 2.22. The highest BCUT2D eigenvalue weighted by Crippen LogP contribution is 2.23. The van der Waals surface area contributed by atoms with E-state index in [4.69, 9.17) is 10.5 Å². The van der Waals surface area contributed by atoms with E-state index < -0.39 is 0 Å². The third kappa shape index (κ3) is 2.26. The van der Waals surface area contributed by atoms with Crippen LogP contribution in [0.15, 0.2) is 42.6 Å². The summed E-state index contributed by atoms with van der Waals surface area (Å²) < 4.78 is 5.65. The molecule has 0 amide bonds. The molecular weight excluding hydrogens is 188 g/mol. The zero-order chi connectivity index (χ0) is 10.7. The Morgan fingerprint density at radius 3 is 2.53 bits per heavy atom. The predicted molar refractivity (Wildman–Crippen MR) is 59.9 cm³/mol. The summed E-state index contributed by atoms with van der Waals surface area (Å²) in [5.41, 5.74) is 7.18. The normalized spacial score (nSPS) is 9.93. The molecule has 0 spiro atoms. The van der Waals surface area contributed by atoms with Gasteiger partial charge in [-0.3, -0.25) is 4.98 Å². The zero-order valence-electron chi connectivity index (χ0n) is 8.47. The van der Waals surface area contributed by atoms with Crippen LogP contribution in [0.2, 0.25) is 0 Å². The van der Waals surface area contributed by atoms with E-state index >= 15 is 0 Å². The Morgan fingerprint density at radius 1 is 1.13 bits per heavy atom. The van der Waals surface area contributed by atoms with Crippen LogP contribution in [-0.2, 0) is 0 Å². The minimum atomic E-state index is 0.727. The molecule has 2 N–H and O–H groups in total. The summed E-state index contributed by atoms with van der Waals surface area (Å²) in [6.45, 7) is 1.91. The summed E-state index contributed by atoms with van der Waals surface area (Å²) in [6, 6.07) is 11.0. The first-order valence-corrected chi connectivity index (χ1v) is 4.71. The number of benzene rings is 1. The molecule has 0 aliphatic heterocycles. The molecule has 0 saturated carbocycles. The number of nitrogens with two attached hydrogens (primary N) is 1. The van der Waals surface area contributed by atoms with Crippen molar-refractivity contribution in [3.8, 4) is 11.5 Å². The van der Waals surface area contributed by atoms with Crippen LogP contribution in [-0.4, -0.2) is 4.98 Å². The Labute approximate surface area is 88.5 Å². The monoisotopic (exact) mass is 200 g/mol. The van der Waals surface area contributed by atoms with Crippen molar-refractivity contribution < 1.29 is 4.74 Å². The summed E-state index contributed by atoms with van der Waals surface area (Å²) in [4.78, 5) is 4.14. The van der Waals surface area contributed by atoms with Crippen LogP contribution in [0, 0.1) is 6.92 Å². The molecule has 76 valence electrons. The second-order valence-corrected chi connectivity index (χ2v) is 3.26. The van der Waals surface area contributed by atoms with Crippen molar-refractivity contribution in [2.75, 3.05) is 5.73 Å². The highest BCUT2D eigenvalue weighted by atomic mass is 16.5. The number of nitrogens with zero attached hydrogens (tertiary/aromatic N) is 1. The van der Waals surface area contributed by atoms with Crippen molar-refractivity contribution in [3.63, 3.8) is 0 Å². The molecular formula is C12H12N2O. The van der Waals surface area contributed by atoms with Crippen LogP contribution < -0.4 is 10.5 Å². The summed E-state index contributed by atoms with van der Waals surface area (Å²) in [5, 5.41) is 0. The first-order valence-electron chi connectivity index (χ1n) is 4.71. The molecule has 0 atom stereocenters. The summed E-state index contributed by atoms with van der Waals surface area (Å²) >= 11 is 0. The molecule has 0 unspecified atom stereocenters. The molecule has 0 bridgehead atoms. The van der Waals surface area contributed by atoms with E-state index in [1.54, 1.807) is 18.3 Å². The highest BCUT2D eigenvalue weighted by molar-refractivity contribution is 5.43. The molecule has 1 aromatic heterocycles. The second kappa shape index (κ2) is 4.00. The molecule has 0 radical (unpaired) electrons. The van der Waals surface area contributed by atoms with Gasteiger partial charge < -0.3 is 10.5 Å². The van der Waals surface area contributed by atoms with Gasteiger partial charge in [-0.2, -0.15) is 0 Å². The number of rotatable bonds is 2. The molecule has 0 fully saturated rings. The van der Waals surface area contributed by atoms with Gasteiger partial charge in [-0.1, -0.05) is 0 Å². The topological polar surface area (TPSA) is 48.1 Å². The number of ether oxygens (including phenoxy) is 1. The van der Waals surface area contributed by atoms with Crippen LogP contribution >= 0.6 is 0 Å². The number of pyridine rings is 1. The minimum absolute atomic E-state index is 0.727. The lowest BCUT2D eigenvalue weighted by atomic mass is 10.3. The lowest BCUT2D eigenvalue weighted by Gasteiger charge is -2.07. The first kappa shape index (κ1) is 9.52. The van der Waals surface area contributed by atoms with Gasteiger partial charge in [0.05, 0.1) is 5.69 Å². The van der Waals surface area contributed by atoms with E-state index in [9.17, 15) is 0 Å². The third-order valence-electron chi connectivity index (χ3n) is 2.07. The van der Waals surface area contributed by atoms with Gasteiger partial charge in [-0.05, 0) is 43.3 Å². The number of nitrogen functional groups attached to an aromatic ring is 1. The van der Waals surface area contributed by atoms with Gasteiger partial charge >= 0.3 is 0 Å². The van der Waals surface area contributed by atoms with Crippen molar-refractivity contribution in [2.45, 2.75) is 6.92 Å². The number of aryl methyl sites for hydroxylation is 1. The standard InChI is InChI=1S/C12H12N2O/c1-9-12(3-2-8-14-9)15-11-6-4-10(13)5-7-11/h2-8H,13H2,1H3. The molecule has 2 aromatic rings. The van der Waals surface area contributed by atoms with Crippen LogP contribution in [0.25, 0.3) is 0 Å². The maximum absolute atomic E-state index is 5.65. The molecule has 1 heterocycles.